The maximum absolute atomic E-state index is 13.3. The molecule has 0 spiro atoms. The van der Waals surface area contributed by atoms with Gasteiger partial charge in [-0.1, -0.05) is 80.6 Å². The lowest BCUT2D eigenvalue weighted by atomic mass is 9.99. The number of nitrogens with one attached hydrogen (secondary N) is 1. The number of hydrazone groups is 1. The van der Waals surface area contributed by atoms with E-state index in [0.29, 0.717) is 17.5 Å². The van der Waals surface area contributed by atoms with E-state index in [9.17, 15) is 4.79 Å². The van der Waals surface area contributed by atoms with Crippen molar-refractivity contribution in [1.82, 2.24) is 10.3 Å². The number of para-hydroxylation sites is 1. The number of carbonyl (C=O) groups excluding carboxylic acids is 1. The number of carbonyl (C=O) groups is 1. The molecule has 3 aromatic rings. The molecule has 1 N–H and O–H groups in total. The maximum Gasteiger partial charge on any atom is 0.276 e. The molecule has 0 aromatic heterocycles. The van der Waals surface area contributed by atoms with Gasteiger partial charge in [0.15, 0.2) is 11.3 Å². The van der Waals surface area contributed by atoms with Crippen LogP contribution in [0, 0.1) is 0 Å². The molecule has 168 valence electrons. The zero-order valence-corrected chi connectivity index (χ0v) is 19.6. The Kier molecular flexibility index (Phi) is 6.05. The molecule has 0 fully saturated rings. The van der Waals surface area contributed by atoms with E-state index >= 15 is 0 Å². The number of ether oxygens (including phenoxy) is 1. The standard InChI is InChI=1S/C26H26N4O2S/c1-3-5-16-32-21-15-14-17-10-6-7-11-18(17)22(21)24-27-20-13-9-8-12-19(20)23-25(31)28-26(33-4-2)29-30(23)24/h6-15,24H,3-5,16H2,1-2H3,(H,28,29,31)/t24-/m0/s1. The van der Waals surface area contributed by atoms with Crippen LogP contribution in [0.5, 0.6) is 5.75 Å². The number of rotatable bonds is 6. The highest BCUT2D eigenvalue weighted by Gasteiger charge is 2.36. The van der Waals surface area contributed by atoms with Crippen LogP contribution in [0.25, 0.3) is 16.5 Å². The predicted molar refractivity (Wildman–Crippen MR) is 133 cm³/mol. The predicted octanol–water partition coefficient (Wildman–Crippen LogP) is 3.91. The number of amides is 1. The first-order valence-electron chi connectivity index (χ1n) is 11.3. The van der Waals surface area contributed by atoms with Crippen LogP contribution in [0.15, 0.2) is 70.8 Å². The first kappa shape index (κ1) is 21.5. The Morgan fingerprint density at radius 3 is 2.73 bits per heavy atom. The maximum atomic E-state index is 13.3. The molecule has 2 heterocycles. The van der Waals surface area contributed by atoms with Crippen LogP contribution >= 0.6 is 11.8 Å². The van der Waals surface area contributed by atoms with Gasteiger partial charge in [0.25, 0.3) is 5.91 Å². The van der Waals surface area contributed by atoms with Crippen molar-refractivity contribution in [1.29, 1.82) is 0 Å². The summed E-state index contributed by atoms with van der Waals surface area (Å²) < 4.78 is 6.26. The van der Waals surface area contributed by atoms with E-state index in [1.165, 1.54) is 11.8 Å². The van der Waals surface area contributed by atoms with Crippen LogP contribution in [-0.2, 0) is 4.79 Å². The Bertz CT molecular complexity index is 1370. The second-order valence-corrected chi connectivity index (χ2v) is 9.16. The fourth-order valence-electron chi connectivity index (χ4n) is 4.21. The van der Waals surface area contributed by atoms with Gasteiger partial charge in [0.05, 0.1) is 12.0 Å². The number of unbranched alkanes of at least 4 members (excludes halogenated alkanes) is 1. The number of amidine groups is 1. The Hall–Kier alpha value is -3.32. The summed E-state index contributed by atoms with van der Waals surface area (Å²) in [6.45, 7) is 4.81. The van der Waals surface area contributed by atoms with E-state index in [4.69, 9.17) is 14.8 Å². The number of hydrogen-bond acceptors (Lipinski definition) is 6. The van der Waals surface area contributed by atoms with Crippen molar-refractivity contribution < 1.29 is 9.53 Å². The van der Waals surface area contributed by atoms with Crippen molar-refractivity contribution in [2.75, 3.05) is 12.4 Å². The van der Waals surface area contributed by atoms with E-state index < -0.39 is 6.17 Å². The topological polar surface area (TPSA) is 66.3 Å². The van der Waals surface area contributed by atoms with Crippen LogP contribution < -0.4 is 20.6 Å². The molecule has 0 saturated heterocycles. The highest BCUT2D eigenvalue weighted by Crippen LogP contribution is 2.40. The average Bonchev–Trinajstić information content (AvgIpc) is 2.83. The molecule has 6 nitrogen and oxygen atoms in total. The molecule has 5 rings (SSSR count). The van der Waals surface area contributed by atoms with Gasteiger partial charge < -0.3 is 4.74 Å². The Labute approximate surface area is 197 Å². The fraction of sp³-hybridized carbons (Fsp3) is 0.269. The largest absolute Gasteiger partial charge is 0.493 e. The molecule has 0 bridgehead atoms. The molecule has 0 unspecified atom stereocenters. The van der Waals surface area contributed by atoms with E-state index in [1.54, 1.807) is 5.01 Å². The van der Waals surface area contributed by atoms with Crippen molar-refractivity contribution >= 4 is 39.3 Å². The molecular weight excluding hydrogens is 432 g/mol. The summed E-state index contributed by atoms with van der Waals surface area (Å²) >= 11 is 1.51. The number of fused-ring (bicyclic) bond motifs is 3. The minimum atomic E-state index is -0.517. The fourth-order valence-corrected chi connectivity index (χ4v) is 4.80. The van der Waals surface area contributed by atoms with E-state index in [2.05, 4.69) is 30.4 Å². The Morgan fingerprint density at radius 1 is 1.06 bits per heavy atom. The molecule has 0 radical (unpaired) electrons. The average molecular weight is 459 g/mol. The van der Waals surface area contributed by atoms with Gasteiger partial charge in [-0.15, -0.1) is 5.10 Å². The molecule has 1 amide bonds. The Balaban J connectivity index is 1.76. The summed E-state index contributed by atoms with van der Waals surface area (Å²) in [6, 6.07) is 20.0. The molecular formula is C26H26N4O2S. The highest BCUT2D eigenvalue weighted by atomic mass is 32.2. The van der Waals surface area contributed by atoms with Gasteiger partial charge in [0.2, 0.25) is 0 Å². The molecule has 7 heteroatoms. The lowest BCUT2D eigenvalue weighted by molar-refractivity contribution is -0.116. The minimum absolute atomic E-state index is 0.165. The van der Waals surface area contributed by atoms with Gasteiger partial charge in [-0.25, -0.2) is 5.01 Å². The number of hydrogen-bond donors (Lipinski definition) is 1. The third kappa shape index (κ3) is 3.97. The summed E-state index contributed by atoms with van der Waals surface area (Å²) in [5.41, 5.74) is 1.44. The third-order valence-corrected chi connectivity index (χ3v) is 6.49. The molecule has 0 saturated carbocycles. The number of benzene rings is 3. The second kappa shape index (κ2) is 9.27. The monoisotopic (exact) mass is 458 g/mol. The first-order chi connectivity index (χ1) is 16.2. The van der Waals surface area contributed by atoms with Crippen LogP contribution in [0.2, 0.25) is 0 Å². The molecule has 0 aliphatic carbocycles. The van der Waals surface area contributed by atoms with Crippen molar-refractivity contribution in [2.45, 2.75) is 32.9 Å². The summed E-state index contributed by atoms with van der Waals surface area (Å²) in [7, 11) is 0. The van der Waals surface area contributed by atoms with Crippen LogP contribution in [-0.4, -0.2) is 28.4 Å². The quantitative estimate of drug-likeness (QED) is 0.569. The number of nitrogens with zero attached hydrogens (tertiary/aromatic N) is 3. The van der Waals surface area contributed by atoms with E-state index in [-0.39, 0.29) is 5.91 Å². The van der Waals surface area contributed by atoms with E-state index in [0.717, 1.165) is 51.3 Å². The zero-order valence-electron chi connectivity index (χ0n) is 18.7. The van der Waals surface area contributed by atoms with Gasteiger partial charge in [-0.2, -0.15) is 0 Å². The van der Waals surface area contributed by atoms with E-state index in [1.807, 2.05) is 49.4 Å². The summed E-state index contributed by atoms with van der Waals surface area (Å²) in [5.74, 6) is 1.42. The summed E-state index contributed by atoms with van der Waals surface area (Å²) in [6.07, 6.45) is 1.50. The van der Waals surface area contributed by atoms with Crippen molar-refractivity contribution in [3.05, 3.63) is 76.8 Å². The van der Waals surface area contributed by atoms with Crippen LogP contribution in [0.3, 0.4) is 0 Å². The van der Waals surface area contributed by atoms with Crippen LogP contribution in [0.1, 0.15) is 38.4 Å². The molecule has 33 heavy (non-hydrogen) atoms. The van der Waals surface area contributed by atoms with Crippen molar-refractivity contribution in [2.24, 2.45) is 10.1 Å². The molecule has 3 aromatic carbocycles. The van der Waals surface area contributed by atoms with Gasteiger partial charge in [-0.05, 0) is 35.1 Å². The Morgan fingerprint density at radius 2 is 1.88 bits per heavy atom. The lowest BCUT2D eigenvalue weighted by Crippen LogP contribution is -2.50. The van der Waals surface area contributed by atoms with Gasteiger partial charge in [0, 0.05) is 10.8 Å². The first-order valence-corrected chi connectivity index (χ1v) is 12.3. The third-order valence-electron chi connectivity index (χ3n) is 5.74. The minimum Gasteiger partial charge on any atom is -0.493 e. The summed E-state index contributed by atoms with van der Waals surface area (Å²) in [5, 5.41) is 13.8. The molecule has 2 aliphatic rings. The van der Waals surface area contributed by atoms with Crippen molar-refractivity contribution in [3.8, 4) is 5.75 Å². The SMILES string of the molecule is CCCCOc1ccc2ccccc2c1[C@H]1N=c2ccccc2=C2C(=O)NC(SCC)=NN21. The molecule has 2 aliphatic heterocycles. The van der Waals surface area contributed by atoms with Crippen molar-refractivity contribution in [3.63, 3.8) is 0 Å². The van der Waals surface area contributed by atoms with Gasteiger partial charge in [0.1, 0.15) is 11.4 Å². The van der Waals surface area contributed by atoms with Gasteiger partial charge >= 0.3 is 0 Å². The second-order valence-electron chi connectivity index (χ2n) is 7.91. The van der Waals surface area contributed by atoms with Gasteiger partial charge in [-0.3, -0.25) is 15.1 Å². The summed E-state index contributed by atoms with van der Waals surface area (Å²) in [4.78, 5) is 18.4. The smallest absolute Gasteiger partial charge is 0.276 e. The lowest BCUT2D eigenvalue weighted by Gasteiger charge is -2.35. The number of thioether (sulfide) groups is 1. The van der Waals surface area contributed by atoms with Crippen LogP contribution in [0.4, 0.5) is 0 Å². The highest BCUT2D eigenvalue weighted by molar-refractivity contribution is 8.13. The zero-order chi connectivity index (χ0) is 22.8. The molecule has 1 atom stereocenters. The normalized spacial score (nSPS) is 17.1.